The van der Waals surface area contributed by atoms with Crippen molar-refractivity contribution in [3.8, 4) is 5.75 Å². The van der Waals surface area contributed by atoms with E-state index in [4.69, 9.17) is 4.74 Å². The van der Waals surface area contributed by atoms with Crippen molar-refractivity contribution >= 4 is 21.8 Å². The number of rotatable bonds is 15. The Morgan fingerprint density at radius 2 is 1.57 bits per heavy atom. The number of amides is 2. The summed E-state index contributed by atoms with van der Waals surface area (Å²) in [6, 6.07) is 22.7. The van der Waals surface area contributed by atoms with Gasteiger partial charge in [-0.05, 0) is 72.6 Å². The van der Waals surface area contributed by atoms with Crippen LogP contribution in [-0.4, -0.2) is 44.8 Å². The number of hydrogen-bond donors (Lipinski definition) is 2. The minimum atomic E-state index is -3.54. The van der Waals surface area contributed by atoms with Gasteiger partial charge in [0.15, 0.2) is 0 Å². The number of carbonyl (C=O) groups is 2. The van der Waals surface area contributed by atoms with Crippen LogP contribution >= 0.6 is 0 Å². The Kier molecular flexibility index (Phi) is 10.8. The number of sulfonamides is 1. The van der Waals surface area contributed by atoms with E-state index in [2.05, 4.69) is 23.9 Å². The monoisotopic (exact) mass is 591 g/mol. The van der Waals surface area contributed by atoms with Crippen LogP contribution in [0.4, 0.5) is 0 Å². The van der Waals surface area contributed by atoms with Crippen LogP contribution in [-0.2, 0) is 32.6 Å². The van der Waals surface area contributed by atoms with Gasteiger partial charge in [-0.15, -0.1) is 0 Å². The van der Waals surface area contributed by atoms with E-state index in [0.717, 1.165) is 36.0 Å². The fourth-order valence-corrected chi connectivity index (χ4v) is 5.96. The zero-order chi connectivity index (χ0) is 30.1. The molecule has 42 heavy (non-hydrogen) atoms. The number of benzene rings is 3. The molecule has 8 nitrogen and oxygen atoms in total. The lowest BCUT2D eigenvalue weighted by Crippen LogP contribution is -2.43. The molecule has 1 unspecified atom stereocenters. The summed E-state index contributed by atoms with van der Waals surface area (Å²) < 4.78 is 33.0. The first-order valence-electron chi connectivity index (χ1n) is 14.5. The van der Waals surface area contributed by atoms with Gasteiger partial charge in [0.2, 0.25) is 21.8 Å². The van der Waals surface area contributed by atoms with Crippen LogP contribution < -0.4 is 14.8 Å². The smallest absolute Gasteiger partial charge is 0.247 e. The molecule has 0 spiro atoms. The van der Waals surface area contributed by atoms with Gasteiger partial charge in [-0.25, -0.2) is 13.1 Å². The third-order valence-electron chi connectivity index (χ3n) is 7.29. The maximum absolute atomic E-state index is 13.9. The Bertz CT molecular complexity index is 1420. The molecule has 0 aliphatic heterocycles. The third-order valence-corrected chi connectivity index (χ3v) is 8.83. The molecular weight excluding hydrogens is 550 g/mol. The van der Waals surface area contributed by atoms with Crippen molar-refractivity contribution in [2.75, 3.05) is 13.7 Å². The van der Waals surface area contributed by atoms with E-state index in [1.54, 1.807) is 36.3 Å². The van der Waals surface area contributed by atoms with Gasteiger partial charge in [0.05, 0.1) is 12.0 Å². The minimum Gasteiger partial charge on any atom is -0.497 e. The minimum absolute atomic E-state index is 0.0316. The first-order chi connectivity index (χ1) is 20.2. The van der Waals surface area contributed by atoms with Crippen LogP contribution in [0.25, 0.3) is 0 Å². The van der Waals surface area contributed by atoms with Gasteiger partial charge < -0.3 is 15.0 Å². The summed E-state index contributed by atoms with van der Waals surface area (Å²) in [5, 5.41) is 3.05. The molecule has 1 atom stereocenters. The van der Waals surface area contributed by atoms with Crippen molar-refractivity contribution in [1.29, 1.82) is 0 Å². The van der Waals surface area contributed by atoms with E-state index >= 15 is 0 Å². The van der Waals surface area contributed by atoms with E-state index < -0.39 is 16.1 Å². The standard InChI is InChI=1S/C33H41N3O5S/c1-24(2)21-22-34-33(38)32(27-7-5-4-6-8-27)36(23-26-9-16-29(41-3)17-10-26)31(37)20-13-25-11-18-30(19-12-25)42(39,40)35-28-14-15-28/h4-12,16-19,24,28,32,35H,13-15,20-23H2,1-3H3,(H,34,38). The fourth-order valence-electron chi connectivity index (χ4n) is 4.66. The van der Waals surface area contributed by atoms with E-state index in [1.165, 1.54) is 0 Å². The lowest BCUT2D eigenvalue weighted by Gasteiger charge is -2.32. The molecule has 2 N–H and O–H groups in total. The van der Waals surface area contributed by atoms with Crippen molar-refractivity contribution in [2.45, 2.75) is 69.5 Å². The van der Waals surface area contributed by atoms with E-state index in [-0.39, 0.29) is 35.7 Å². The van der Waals surface area contributed by atoms with Gasteiger partial charge in [0.1, 0.15) is 11.8 Å². The third kappa shape index (κ3) is 8.90. The second-order valence-electron chi connectivity index (χ2n) is 11.2. The lowest BCUT2D eigenvalue weighted by molar-refractivity contribution is -0.141. The number of carbonyl (C=O) groups excluding carboxylic acids is 2. The molecule has 3 aromatic carbocycles. The van der Waals surface area contributed by atoms with Crippen LogP contribution in [0.2, 0.25) is 0 Å². The largest absolute Gasteiger partial charge is 0.497 e. The van der Waals surface area contributed by atoms with Crippen molar-refractivity contribution in [2.24, 2.45) is 5.92 Å². The quantitative estimate of drug-likeness (QED) is 0.259. The van der Waals surface area contributed by atoms with E-state index in [0.29, 0.717) is 24.6 Å². The van der Waals surface area contributed by atoms with Crippen molar-refractivity contribution in [1.82, 2.24) is 14.9 Å². The lowest BCUT2D eigenvalue weighted by atomic mass is 10.0. The average Bonchev–Trinajstić information content (AvgIpc) is 3.80. The zero-order valence-corrected chi connectivity index (χ0v) is 25.4. The molecular formula is C33H41N3O5S. The average molecular weight is 592 g/mol. The predicted molar refractivity (Wildman–Crippen MR) is 163 cm³/mol. The number of aryl methyl sites for hydroxylation is 1. The summed E-state index contributed by atoms with van der Waals surface area (Å²) in [7, 11) is -1.94. The number of methoxy groups -OCH3 is 1. The second-order valence-corrected chi connectivity index (χ2v) is 12.9. The molecule has 3 aromatic rings. The molecule has 1 aliphatic rings. The maximum atomic E-state index is 13.9. The van der Waals surface area contributed by atoms with Gasteiger partial charge in [0.25, 0.3) is 0 Å². The molecule has 0 saturated heterocycles. The highest BCUT2D eigenvalue weighted by atomic mass is 32.2. The van der Waals surface area contributed by atoms with Crippen LogP contribution in [0.3, 0.4) is 0 Å². The second kappa shape index (κ2) is 14.5. The Balaban J connectivity index is 1.55. The van der Waals surface area contributed by atoms with Crippen LogP contribution in [0.5, 0.6) is 5.75 Å². The van der Waals surface area contributed by atoms with Crippen molar-refractivity contribution < 1.29 is 22.7 Å². The summed E-state index contributed by atoms with van der Waals surface area (Å²) in [6.45, 7) is 4.97. The molecule has 1 fully saturated rings. The molecule has 0 bridgehead atoms. The van der Waals surface area contributed by atoms with Crippen LogP contribution in [0, 0.1) is 5.92 Å². The summed E-state index contributed by atoms with van der Waals surface area (Å²) in [5.41, 5.74) is 2.45. The number of nitrogens with zero attached hydrogens (tertiary/aromatic N) is 1. The van der Waals surface area contributed by atoms with Crippen LogP contribution in [0.1, 0.15) is 62.3 Å². The van der Waals surface area contributed by atoms with E-state index in [9.17, 15) is 18.0 Å². The normalized spacial score (nSPS) is 13.9. The number of hydrogen-bond acceptors (Lipinski definition) is 5. The Morgan fingerprint density at radius 3 is 2.17 bits per heavy atom. The zero-order valence-electron chi connectivity index (χ0n) is 24.6. The summed E-state index contributed by atoms with van der Waals surface area (Å²) in [4.78, 5) is 29.4. The predicted octanol–water partition coefficient (Wildman–Crippen LogP) is 5.00. The molecule has 1 aliphatic carbocycles. The molecule has 4 rings (SSSR count). The Labute approximate surface area is 249 Å². The van der Waals surface area contributed by atoms with Gasteiger partial charge in [0, 0.05) is 25.6 Å². The van der Waals surface area contributed by atoms with Crippen molar-refractivity contribution in [3.05, 3.63) is 95.6 Å². The summed E-state index contributed by atoms with van der Waals surface area (Å²) in [5.74, 6) is 0.746. The molecule has 9 heteroatoms. The molecule has 1 saturated carbocycles. The van der Waals surface area contributed by atoms with Gasteiger partial charge in [-0.1, -0.05) is 68.4 Å². The molecule has 0 aromatic heterocycles. The molecule has 224 valence electrons. The number of nitrogens with one attached hydrogen (secondary N) is 2. The highest BCUT2D eigenvalue weighted by Crippen LogP contribution is 2.26. The highest BCUT2D eigenvalue weighted by Gasteiger charge is 2.31. The van der Waals surface area contributed by atoms with Gasteiger partial charge in [-0.2, -0.15) is 0 Å². The molecule has 0 heterocycles. The molecule has 2 amide bonds. The number of ether oxygens (including phenoxy) is 1. The topological polar surface area (TPSA) is 105 Å². The van der Waals surface area contributed by atoms with E-state index in [1.807, 2.05) is 54.6 Å². The Hall–Kier alpha value is -3.69. The maximum Gasteiger partial charge on any atom is 0.247 e. The first kappa shape index (κ1) is 31.3. The highest BCUT2D eigenvalue weighted by molar-refractivity contribution is 7.89. The SMILES string of the molecule is COc1ccc(CN(C(=O)CCc2ccc(S(=O)(=O)NC3CC3)cc2)C(C(=O)NCCC(C)C)c2ccccc2)cc1. The fraction of sp³-hybridized carbons (Fsp3) is 0.394. The van der Waals surface area contributed by atoms with Crippen molar-refractivity contribution in [3.63, 3.8) is 0 Å². The van der Waals surface area contributed by atoms with Crippen LogP contribution in [0.15, 0.2) is 83.8 Å². The first-order valence-corrected chi connectivity index (χ1v) is 16.0. The Morgan fingerprint density at radius 1 is 0.929 bits per heavy atom. The van der Waals surface area contributed by atoms with Gasteiger partial charge in [-0.3, -0.25) is 9.59 Å². The van der Waals surface area contributed by atoms with Gasteiger partial charge >= 0.3 is 0 Å². The summed E-state index contributed by atoms with van der Waals surface area (Å²) >= 11 is 0. The summed E-state index contributed by atoms with van der Waals surface area (Å²) in [6.07, 6.45) is 3.13. The molecule has 0 radical (unpaired) electrons.